The second-order valence-corrected chi connectivity index (χ2v) is 4.67. The Balaban J connectivity index is 0.000000606. The van der Waals surface area contributed by atoms with Gasteiger partial charge in [0, 0.05) is 12.4 Å². The van der Waals surface area contributed by atoms with Crippen LogP contribution >= 0.6 is 21.6 Å². The number of hydrogen-bond acceptors (Lipinski definition) is 4. The van der Waals surface area contributed by atoms with Crippen LogP contribution in [0.4, 0.5) is 0 Å². The van der Waals surface area contributed by atoms with Crippen molar-refractivity contribution in [2.75, 3.05) is 0 Å². The fourth-order valence-corrected chi connectivity index (χ4v) is 2.63. The van der Waals surface area contributed by atoms with Crippen molar-refractivity contribution < 1.29 is 0 Å². The molecule has 2 aromatic heterocycles. The van der Waals surface area contributed by atoms with Gasteiger partial charge in [-0.3, -0.25) is 0 Å². The van der Waals surface area contributed by atoms with Gasteiger partial charge in [-0.2, -0.15) is 0 Å². The van der Waals surface area contributed by atoms with Crippen molar-refractivity contribution in [3.8, 4) is 0 Å². The van der Waals surface area contributed by atoms with E-state index in [0.717, 1.165) is 10.1 Å². The van der Waals surface area contributed by atoms with Crippen molar-refractivity contribution in [2.45, 2.75) is 23.9 Å². The van der Waals surface area contributed by atoms with E-state index in [4.69, 9.17) is 0 Å². The summed E-state index contributed by atoms with van der Waals surface area (Å²) in [5, 5.41) is 2.01. The van der Waals surface area contributed by atoms with Gasteiger partial charge in [0.1, 0.15) is 10.1 Å². The standard InChI is InChI=1S/C10H8N2S2.C2H6/c1-3-7-11-9(5-1)13-14-10-6-2-4-8-12-10;1-2/h1-8H;1-2H3. The first-order valence-corrected chi connectivity index (χ1v) is 7.27. The van der Waals surface area contributed by atoms with E-state index < -0.39 is 0 Å². The minimum atomic E-state index is 1.00. The van der Waals surface area contributed by atoms with E-state index >= 15 is 0 Å². The van der Waals surface area contributed by atoms with Gasteiger partial charge in [-0.25, -0.2) is 9.97 Å². The molecular weight excluding hydrogens is 236 g/mol. The fourth-order valence-electron chi connectivity index (χ4n) is 0.878. The molecular formula is C12H14N2S2. The van der Waals surface area contributed by atoms with Gasteiger partial charge in [0.05, 0.1) is 0 Å². The lowest BCUT2D eigenvalue weighted by Gasteiger charge is -1.97. The quantitative estimate of drug-likeness (QED) is 0.758. The van der Waals surface area contributed by atoms with Gasteiger partial charge < -0.3 is 0 Å². The van der Waals surface area contributed by atoms with Crippen molar-refractivity contribution in [1.29, 1.82) is 0 Å². The molecule has 0 radical (unpaired) electrons. The van der Waals surface area contributed by atoms with E-state index in [9.17, 15) is 0 Å². The molecule has 0 aliphatic carbocycles. The smallest absolute Gasteiger partial charge is 0.107 e. The Kier molecular flexibility index (Phi) is 6.69. The minimum Gasteiger partial charge on any atom is -0.249 e. The van der Waals surface area contributed by atoms with E-state index in [1.54, 1.807) is 34.0 Å². The molecule has 0 bridgehead atoms. The van der Waals surface area contributed by atoms with Gasteiger partial charge in [-0.05, 0) is 45.9 Å². The summed E-state index contributed by atoms with van der Waals surface area (Å²) in [6.45, 7) is 4.00. The van der Waals surface area contributed by atoms with Crippen LogP contribution in [0.5, 0.6) is 0 Å². The van der Waals surface area contributed by atoms with Crippen molar-refractivity contribution in [2.24, 2.45) is 0 Å². The molecule has 0 fully saturated rings. The van der Waals surface area contributed by atoms with Crippen molar-refractivity contribution in [1.82, 2.24) is 9.97 Å². The molecule has 2 aromatic rings. The SMILES string of the molecule is CC.c1ccc(SSc2ccccn2)nc1. The number of hydrogen-bond donors (Lipinski definition) is 0. The first-order valence-electron chi connectivity index (χ1n) is 5.12. The molecule has 0 aromatic carbocycles. The zero-order valence-corrected chi connectivity index (χ0v) is 11.0. The molecule has 0 amide bonds. The maximum Gasteiger partial charge on any atom is 0.107 e. The molecule has 0 N–H and O–H groups in total. The van der Waals surface area contributed by atoms with Crippen LogP contribution in [0.2, 0.25) is 0 Å². The van der Waals surface area contributed by atoms with Crippen LogP contribution in [-0.2, 0) is 0 Å². The molecule has 0 unspecified atom stereocenters. The van der Waals surface area contributed by atoms with Crippen LogP contribution in [-0.4, -0.2) is 9.97 Å². The Morgan fingerprint density at radius 2 is 1.19 bits per heavy atom. The van der Waals surface area contributed by atoms with Gasteiger partial charge in [-0.1, -0.05) is 26.0 Å². The monoisotopic (exact) mass is 250 g/mol. The van der Waals surface area contributed by atoms with E-state index in [0.29, 0.717) is 0 Å². The Labute approximate surface area is 104 Å². The summed E-state index contributed by atoms with van der Waals surface area (Å²) in [6.07, 6.45) is 3.59. The molecule has 16 heavy (non-hydrogen) atoms. The second kappa shape index (κ2) is 8.19. The zero-order chi connectivity index (χ0) is 11.6. The Hall–Kier alpha value is -1.00. The highest BCUT2D eigenvalue weighted by Gasteiger charge is 1.97. The normalized spacial score (nSPS) is 9.12. The molecule has 0 saturated heterocycles. The molecule has 2 nitrogen and oxygen atoms in total. The van der Waals surface area contributed by atoms with Crippen LogP contribution < -0.4 is 0 Å². The highest BCUT2D eigenvalue weighted by molar-refractivity contribution is 8.76. The largest absolute Gasteiger partial charge is 0.249 e. The van der Waals surface area contributed by atoms with Gasteiger partial charge in [-0.15, -0.1) is 0 Å². The van der Waals surface area contributed by atoms with Gasteiger partial charge in [0.2, 0.25) is 0 Å². The summed E-state index contributed by atoms with van der Waals surface area (Å²) >= 11 is 0. The highest BCUT2D eigenvalue weighted by atomic mass is 33.1. The Bertz CT molecular complexity index is 339. The molecule has 0 aliphatic heterocycles. The third-order valence-electron chi connectivity index (χ3n) is 1.49. The third kappa shape index (κ3) is 4.68. The second-order valence-electron chi connectivity index (χ2n) is 2.50. The zero-order valence-electron chi connectivity index (χ0n) is 9.33. The lowest BCUT2D eigenvalue weighted by Crippen LogP contribution is -1.75. The molecule has 4 heteroatoms. The maximum atomic E-state index is 4.21. The van der Waals surface area contributed by atoms with Crippen molar-refractivity contribution in [3.05, 3.63) is 48.8 Å². The van der Waals surface area contributed by atoms with Crippen molar-refractivity contribution in [3.63, 3.8) is 0 Å². The number of aromatic nitrogens is 2. The average molecular weight is 250 g/mol. The van der Waals surface area contributed by atoms with E-state index in [2.05, 4.69) is 9.97 Å². The van der Waals surface area contributed by atoms with E-state index in [-0.39, 0.29) is 0 Å². The number of nitrogens with zero attached hydrogens (tertiary/aromatic N) is 2. The Morgan fingerprint density at radius 1 is 0.750 bits per heavy atom. The summed E-state index contributed by atoms with van der Waals surface area (Å²) in [4.78, 5) is 8.42. The molecule has 0 saturated carbocycles. The van der Waals surface area contributed by atoms with Gasteiger partial charge in [0.15, 0.2) is 0 Å². The summed E-state index contributed by atoms with van der Waals surface area (Å²) in [6, 6.07) is 11.8. The highest BCUT2D eigenvalue weighted by Crippen LogP contribution is 2.34. The molecule has 0 spiro atoms. The predicted octanol–water partition coefficient (Wildman–Crippen LogP) is 4.30. The Morgan fingerprint density at radius 3 is 1.50 bits per heavy atom. The van der Waals surface area contributed by atoms with Crippen LogP contribution in [0, 0.1) is 0 Å². The lowest BCUT2D eigenvalue weighted by molar-refractivity contribution is 1.13. The molecule has 0 atom stereocenters. The lowest BCUT2D eigenvalue weighted by atomic mass is 10.5. The first-order chi connectivity index (χ1) is 7.95. The van der Waals surface area contributed by atoms with Crippen LogP contribution in [0.3, 0.4) is 0 Å². The van der Waals surface area contributed by atoms with Crippen molar-refractivity contribution >= 4 is 21.6 Å². The molecule has 2 rings (SSSR count). The van der Waals surface area contributed by atoms with E-state index in [1.807, 2.05) is 50.2 Å². The van der Waals surface area contributed by atoms with Crippen LogP contribution in [0.15, 0.2) is 58.8 Å². The summed E-state index contributed by atoms with van der Waals surface area (Å²) < 4.78 is 0. The van der Waals surface area contributed by atoms with Gasteiger partial charge in [0.25, 0.3) is 0 Å². The topological polar surface area (TPSA) is 25.8 Å². The van der Waals surface area contributed by atoms with Crippen LogP contribution in [0.1, 0.15) is 13.8 Å². The third-order valence-corrected chi connectivity index (χ3v) is 3.67. The molecule has 84 valence electrons. The first kappa shape index (κ1) is 13.1. The average Bonchev–Trinajstić information content (AvgIpc) is 2.41. The predicted molar refractivity (Wildman–Crippen MR) is 71.5 cm³/mol. The summed E-state index contributed by atoms with van der Waals surface area (Å²) in [7, 11) is 3.23. The minimum absolute atomic E-state index is 1.00. The van der Waals surface area contributed by atoms with Gasteiger partial charge >= 0.3 is 0 Å². The summed E-state index contributed by atoms with van der Waals surface area (Å²) in [5.74, 6) is 0. The molecule has 0 aliphatic rings. The van der Waals surface area contributed by atoms with Crippen LogP contribution in [0.25, 0.3) is 0 Å². The molecule has 2 heterocycles. The van der Waals surface area contributed by atoms with E-state index in [1.165, 1.54) is 0 Å². The maximum absolute atomic E-state index is 4.21. The number of rotatable bonds is 3. The fraction of sp³-hybridized carbons (Fsp3) is 0.167. The number of pyridine rings is 2. The summed E-state index contributed by atoms with van der Waals surface area (Å²) in [5.41, 5.74) is 0.